The van der Waals surface area contributed by atoms with Crippen molar-refractivity contribution in [3.05, 3.63) is 41.7 Å². The third-order valence-electron chi connectivity index (χ3n) is 3.89. The van der Waals surface area contributed by atoms with E-state index in [1.165, 1.54) is 0 Å². The van der Waals surface area contributed by atoms with Gasteiger partial charge in [0.1, 0.15) is 17.9 Å². The molecule has 0 amide bonds. The lowest BCUT2D eigenvalue weighted by atomic mass is 10.3. The first-order chi connectivity index (χ1) is 10.8. The smallest absolute Gasteiger partial charge is 0.256 e. The van der Waals surface area contributed by atoms with E-state index in [4.69, 9.17) is 16.0 Å². The van der Waals surface area contributed by atoms with E-state index in [0.29, 0.717) is 11.0 Å². The maximum absolute atomic E-state index is 5.81. The van der Waals surface area contributed by atoms with Crippen LogP contribution in [-0.4, -0.2) is 50.7 Å². The summed E-state index contributed by atoms with van der Waals surface area (Å²) >= 11 is 5.81. The molecule has 22 heavy (non-hydrogen) atoms. The Balaban J connectivity index is 1.44. The molecular formula is C14H15ClN6O. The van der Waals surface area contributed by atoms with Gasteiger partial charge in [-0.3, -0.25) is 9.30 Å². The van der Waals surface area contributed by atoms with Crippen LogP contribution in [0.3, 0.4) is 0 Å². The predicted molar refractivity (Wildman–Crippen MR) is 82.0 cm³/mol. The highest BCUT2D eigenvalue weighted by molar-refractivity contribution is 6.28. The van der Waals surface area contributed by atoms with E-state index in [1.807, 2.05) is 16.5 Å². The fraction of sp³-hybridized carbons (Fsp3) is 0.357. The summed E-state index contributed by atoms with van der Waals surface area (Å²) in [6, 6.07) is 5.71. The van der Waals surface area contributed by atoms with Crippen molar-refractivity contribution in [2.75, 3.05) is 31.1 Å². The van der Waals surface area contributed by atoms with Crippen molar-refractivity contribution >= 4 is 23.2 Å². The van der Waals surface area contributed by atoms with E-state index in [-0.39, 0.29) is 0 Å². The first-order valence-corrected chi connectivity index (χ1v) is 7.54. The summed E-state index contributed by atoms with van der Waals surface area (Å²) in [4.78, 5) is 8.88. The van der Waals surface area contributed by atoms with Gasteiger partial charge in [-0.05, 0) is 29.8 Å². The minimum absolute atomic E-state index is 0.445. The summed E-state index contributed by atoms with van der Waals surface area (Å²) in [5.41, 5.74) is 0. The highest BCUT2D eigenvalue weighted by atomic mass is 35.5. The summed E-state index contributed by atoms with van der Waals surface area (Å²) in [5.74, 6) is 2.62. The van der Waals surface area contributed by atoms with Gasteiger partial charge in [-0.1, -0.05) is 0 Å². The third kappa shape index (κ3) is 2.53. The summed E-state index contributed by atoms with van der Waals surface area (Å²) in [7, 11) is 0. The minimum atomic E-state index is 0.445. The molecule has 114 valence electrons. The Bertz CT molecular complexity index is 776. The van der Waals surface area contributed by atoms with Crippen molar-refractivity contribution in [1.82, 2.24) is 24.5 Å². The van der Waals surface area contributed by atoms with Crippen molar-refractivity contribution < 1.29 is 4.42 Å². The van der Waals surface area contributed by atoms with Crippen LogP contribution in [0.1, 0.15) is 5.76 Å². The number of rotatable bonds is 3. The van der Waals surface area contributed by atoms with Gasteiger partial charge in [-0.25, -0.2) is 4.98 Å². The molecule has 0 N–H and O–H groups in total. The molecule has 0 aliphatic carbocycles. The molecule has 4 heterocycles. The van der Waals surface area contributed by atoms with E-state index in [0.717, 1.165) is 44.3 Å². The standard InChI is InChI=1S/C14H15ClN6O/c15-12-2-1-11(22-12)9-19-5-7-20(8-6-19)13-3-4-16-14-18-17-10-21(13)14/h1-4,10H,5-9H2. The molecule has 1 fully saturated rings. The molecule has 8 heteroatoms. The molecule has 4 rings (SSSR count). The van der Waals surface area contributed by atoms with Gasteiger partial charge in [-0.2, -0.15) is 0 Å². The molecular weight excluding hydrogens is 304 g/mol. The first-order valence-electron chi connectivity index (χ1n) is 7.16. The maximum Gasteiger partial charge on any atom is 0.256 e. The lowest BCUT2D eigenvalue weighted by molar-refractivity contribution is 0.230. The number of hydrogen-bond acceptors (Lipinski definition) is 6. The Morgan fingerprint density at radius 3 is 2.77 bits per heavy atom. The molecule has 0 aromatic carbocycles. The Labute approximate surface area is 132 Å². The lowest BCUT2D eigenvalue weighted by Crippen LogP contribution is -2.46. The van der Waals surface area contributed by atoms with Gasteiger partial charge >= 0.3 is 0 Å². The van der Waals surface area contributed by atoms with Gasteiger partial charge in [0.25, 0.3) is 5.78 Å². The molecule has 1 aliphatic rings. The van der Waals surface area contributed by atoms with Crippen molar-refractivity contribution in [1.29, 1.82) is 0 Å². The molecule has 3 aromatic rings. The Morgan fingerprint density at radius 2 is 2.00 bits per heavy atom. The number of halogens is 1. The fourth-order valence-corrected chi connectivity index (χ4v) is 2.94. The number of aromatic nitrogens is 4. The van der Waals surface area contributed by atoms with Gasteiger partial charge < -0.3 is 9.32 Å². The topological polar surface area (TPSA) is 62.7 Å². The Hall–Kier alpha value is -2.12. The molecule has 0 atom stereocenters. The molecule has 0 radical (unpaired) electrons. The normalized spacial score (nSPS) is 16.5. The summed E-state index contributed by atoms with van der Waals surface area (Å²) in [6.07, 6.45) is 3.48. The second-order valence-corrected chi connectivity index (χ2v) is 5.65. The van der Waals surface area contributed by atoms with Crippen LogP contribution in [0, 0.1) is 0 Å². The number of anilines is 1. The minimum Gasteiger partial charge on any atom is -0.448 e. The van der Waals surface area contributed by atoms with Crippen molar-refractivity contribution in [2.24, 2.45) is 0 Å². The molecule has 1 saturated heterocycles. The van der Waals surface area contributed by atoms with Crippen LogP contribution in [0.15, 0.2) is 35.1 Å². The van der Waals surface area contributed by atoms with Crippen LogP contribution < -0.4 is 4.90 Å². The molecule has 3 aromatic heterocycles. The summed E-state index contributed by atoms with van der Waals surface area (Å²) in [6.45, 7) is 4.59. The molecule has 7 nitrogen and oxygen atoms in total. The van der Waals surface area contributed by atoms with E-state index in [2.05, 4.69) is 25.0 Å². The van der Waals surface area contributed by atoms with Gasteiger partial charge in [0.2, 0.25) is 0 Å². The van der Waals surface area contributed by atoms with E-state index < -0.39 is 0 Å². The zero-order valence-corrected chi connectivity index (χ0v) is 12.6. The highest BCUT2D eigenvalue weighted by Crippen LogP contribution is 2.19. The SMILES string of the molecule is Clc1ccc(CN2CCN(c3ccnc4nncn34)CC2)o1. The average Bonchev–Trinajstić information content (AvgIpc) is 3.16. The van der Waals surface area contributed by atoms with Crippen LogP contribution in [0.25, 0.3) is 5.78 Å². The molecule has 0 saturated carbocycles. The zero-order valence-electron chi connectivity index (χ0n) is 11.9. The predicted octanol–water partition coefficient (Wildman–Crippen LogP) is 1.69. The van der Waals surface area contributed by atoms with Crippen molar-refractivity contribution in [3.63, 3.8) is 0 Å². The van der Waals surface area contributed by atoms with Crippen molar-refractivity contribution in [2.45, 2.75) is 6.54 Å². The number of hydrogen-bond donors (Lipinski definition) is 0. The van der Waals surface area contributed by atoms with Crippen LogP contribution in [0.4, 0.5) is 5.82 Å². The quantitative estimate of drug-likeness (QED) is 0.732. The first kappa shape index (κ1) is 13.5. The lowest BCUT2D eigenvalue weighted by Gasteiger charge is -2.35. The van der Waals surface area contributed by atoms with Gasteiger partial charge in [0, 0.05) is 32.4 Å². The van der Waals surface area contributed by atoms with E-state index >= 15 is 0 Å². The number of furan rings is 1. The summed E-state index contributed by atoms with van der Waals surface area (Å²) in [5, 5.41) is 8.35. The molecule has 0 bridgehead atoms. The van der Waals surface area contributed by atoms with Gasteiger partial charge in [0.05, 0.1) is 6.54 Å². The van der Waals surface area contributed by atoms with E-state index in [1.54, 1.807) is 18.6 Å². The number of nitrogens with zero attached hydrogens (tertiary/aromatic N) is 6. The number of fused-ring (bicyclic) bond motifs is 1. The second-order valence-electron chi connectivity index (χ2n) is 5.27. The second kappa shape index (κ2) is 5.58. The highest BCUT2D eigenvalue weighted by Gasteiger charge is 2.20. The Kier molecular flexibility index (Phi) is 3.44. The fourth-order valence-electron chi connectivity index (χ4n) is 2.78. The Morgan fingerprint density at radius 1 is 1.14 bits per heavy atom. The third-order valence-corrected chi connectivity index (χ3v) is 4.10. The average molecular weight is 319 g/mol. The van der Waals surface area contributed by atoms with E-state index in [9.17, 15) is 0 Å². The molecule has 0 spiro atoms. The van der Waals surface area contributed by atoms with Gasteiger partial charge in [-0.15, -0.1) is 10.2 Å². The van der Waals surface area contributed by atoms with Crippen LogP contribution >= 0.6 is 11.6 Å². The zero-order chi connectivity index (χ0) is 14.9. The van der Waals surface area contributed by atoms with Crippen LogP contribution in [-0.2, 0) is 6.54 Å². The number of piperazine rings is 1. The van der Waals surface area contributed by atoms with Crippen molar-refractivity contribution in [3.8, 4) is 0 Å². The maximum atomic E-state index is 5.81. The molecule has 1 aliphatic heterocycles. The largest absolute Gasteiger partial charge is 0.448 e. The molecule has 0 unspecified atom stereocenters. The monoisotopic (exact) mass is 318 g/mol. The summed E-state index contributed by atoms with van der Waals surface area (Å²) < 4.78 is 7.34. The van der Waals surface area contributed by atoms with Crippen LogP contribution in [0.2, 0.25) is 5.22 Å². The van der Waals surface area contributed by atoms with Gasteiger partial charge in [0.15, 0.2) is 5.22 Å². The van der Waals surface area contributed by atoms with Crippen LogP contribution in [0.5, 0.6) is 0 Å².